The molecule has 2 aromatic heterocycles. The van der Waals surface area contributed by atoms with Crippen molar-refractivity contribution in [1.29, 1.82) is 15.8 Å². The molecular weight excluding hydrogens is 683 g/mol. The molecule has 0 radical (unpaired) electrons. The van der Waals surface area contributed by atoms with Crippen molar-refractivity contribution < 1.29 is 0 Å². The van der Waals surface area contributed by atoms with Crippen molar-refractivity contribution in [2.24, 2.45) is 0 Å². The van der Waals surface area contributed by atoms with E-state index >= 15 is 0 Å². The van der Waals surface area contributed by atoms with Crippen LogP contribution in [0.2, 0.25) is 0 Å². The van der Waals surface area contributed by atoms with Crippen molar-refractivity contribution in [2.75, 3.05) is 0 Å². The van der Waals surface area contributed by atoms with Crippen LogP contribution in [-0.4, -0.2) is 9.13 Å². The number of hydrogen-bond acceptors (Lipinski definition) is 3. The molecule has 0 aliphatic heterocycles. The van der Waals surface area contributed by atoms with E-state index in [4.69, 9.17) is 0 Å². The quantitative estimate of drug-likeness (QED) is 0.178. The molecule has 0 spiro atoms. The van der Waals surface area contributed by atoms with Crippen LogP contribution in [0.1, 0.15) is 16.7 Å². The van der Waals surface area contributed by atoms with E-state index in [1.165, 1.54) is 0 Å². The van der Waals surface area contributed by atoms with Crippen LogP contribution in [0.4, 0.5) is 0 Å². The molecule has 8 aromatic carbocycles. The lowest BCUT2D eigenvalue weighted by Crippen LogP contribution is -1.97. The highest BCUT2D eigenvalue weighted by Gasteiger charge is 2.21. The van der Waals surface area contributed by atoms with Gasteiger partial charge in [-0.2, -0.15) is 15.8 Å². The molecule has 0 amide bonds. The van der Waals surface area contributed by atoms with Crippen LogP contribution in [0.3, 0.4) is 0 Å². The fraction of sp³-hybridized carbons (Fsp3) is 0. The summed E-state index contributed by atoms with van der Waals surface area (Å²) >= 11 is 0. The lowest BCUT2D eigenvalue weighted by Gasteiger charge is -2.17. The predicted molar refractivity (Wildman–Crippen MR) is 226 cm³/mol. The van der Waals surface area contributed by atoms with Crippen molar-refractivity contribution >= 4 is 43.6 Å². The van der Waals surface area contributed by atoms with Gasteiger partial charge < -0.3 is 9.13 Å². The largest absolute Gasteiger partial charge is 0.309 e. The SMILES string of the molecule is N#Cc1ccc(-n2c3ccc(C#N)cc3c3cccc(-c4ccccc4-c4ccccc4-c4ccc5c(c4)c4ccccc4n5-c4ccccc4C#N)c32)cc1. The van der Waals surface area contributed by atoms with Gasteiger partial charge in [-0.15, -0.1) is 0 Å². The van der Waals surface area contributed by atoms with Crippen molar-refractivity contribution in [3.8, 4) is 63.0 Å². The van der Waals surface area contributed by atoms with E-state index in [-0.39, 0.29) is 0 Å². The molecular formula is C51H29N5. The van der Waals surface area contributed by atoms with Gasteiger partial charge in [0.2, 0.25) is 0 Å². The van der Waals surface area contributed by atoms with Gasteiger partial charge in [0.05, 0.1) is 56.6 Å². The van der Waals surface area contributed by atoms with Gasteiger partial charge in [0, 0.05) is 32.8 Å². The molecule has 0 N–H and O–H groups in total. The van der Waals surface area contributed by atoms with E-state index in [0.29, 0.717) is 16.7 Å². The molecule has 0 atom stereocenters. The van der Waals surface area contributed by atoms with Crippen LogP contribution in [0.15, 0.2) is 176 Å². The van der Waals surface area contributed by atoms with E-state index in [2.05, 4.69) is 130 Å². The molecule has 0 aliphatic rings. The molecule has 0 saturated carbocycles. The summed E-state index contributed by atoms with van der Waals surface area (Å²) in [4.78, 5) is 0. The first-order chi connectivity index (χ1) is 27.7. The lowest BCUT2D eigenvalue weighted by atomic mass is 9.88. The molecule has 2 heterocycles. The standard InChI is InChI=1S/C51H29N5/c52-30-33-20-24-37(25-21-33)55-49-26-22-34(31-53)28-45(49)44-17-9-16-43(51(44)55)41-14-5-4-13-40(41)39-12-3-2-11-38(39)35-23-27-50-46(29-35)42-15-6-8-19-48(42)56(50)47-18-7-1-10-36(47)32-54/h1-29H. The second kappa shape index (κ2) is 13.0. The van der Waals surface area contributed by atoms with Gasteiger partial charge in [-0.3, -0.25) is 0 Å². The van der Waals surface area contributed by atoms with Crippen molar-refractivity contribution in [2.45, 2.75) is 0 Å². The molecule has 0 unspecified atom stereocenters. The fourth-order valence-corrected chi connectivity index (χ4v) is 8.39. The Labute approximate surface area is 323 Å². The minimum atomic E-state index is 0.596. The molecule has 56 heavy (non-hydrogen) atoms. The molecule has 258 valence electrons. The number of nitrogens with zero attached hydrogens (tertiary/aromatic N) is 5. The number of para-hydroxylation sites is 3. The third-order valence-electron chi connectivity index (χ3n) is 10.9. The first kappa shape index (κ1) is 32.5. The molecule has 0 aliphatic carbocycles. The molecule has 5 heteroatoms. The van der Waals surface area contributed by atoms with Crippen LogP contribution in [0.25, 0.3) is 88.4 Å². The topological polar surface area (TPSA) is 81.2 Å². The summed E-state index contributed by atoms with van der Waals surface area (Å²) < 4.78 is 4.44. The Kier molecular flexibility index (Phi) is 7.57. The number of aromatic nitrogens is 2. The lowest BCUT2D eigenvalue weighted by molar-refractivity contribution is 1.17. The molecule has 0 saturated heterocycles. The molecule has 10 aromatic rings. The highest BCUT2D eigenvalue weighted by atomic mass is 15.0. The van der Waals surface area contributed by atoms with Gasteiger partial charge in [-0.05, 0) is 101 Å². The highest BCUT2D eigenvalue weighted by Crippen LogP contribution is 2.44. The third-order valence-corrected chi connectivity index (χ3v) is 10.9. The fourth-order valence-electron chi connectivity index (χ4n) is 8.39. The third kappa shape index (κ3) is 4.99. The van der Waals surface area contributed by atoms with Gasteiger partial charge in [0.25, 0.3) is 0 Å². The zero-order chi connectivity index (χ0) is 37.8. The molecule has 0 bridgehead atoms. The maximum atomic E-state index is 10.0. The Bertz CT molecular complexity index is 3340. The maximum absolute atomic E-state index is 10.0. The summed E-state index contributed by atoms with van der Waals surface area (Å²) in [5.74, 6) is 0. The van der Waals surface area contributed by atoms with E-state index in [9.17, 15) is 15.8 Å². The summed E-state index contributed by atoms with van der Waals surface area (Å²) in [6.07, 6.45) is 0. The van der Waals surface area contributed by atoms with Gasteiger partial charge in [0.1, 0.15) is 6.07 Å². The van der Waals surface area contributed by atoms with Crippen LogP contribution >= 0.6 is 0 Å². The van der Waals surface area contributed by atoms with Crippen molar-refractivity contribution in [3.05, 3.63) is 193 Å². The van der Waals surface area contributed by atoms with Gasteiger partial charge in [-0.1, -0.05) is 103 Å². The minimum absolute atomic E-state index is 0.596. The van der Waals surface area contributed by atoms with Crippen LogP contribution in [0.5, 0.6) is 0 Å². The number of hydrogen-bond donors (Lipinski definition) is 0. The predicted octanol–water partition coefficient (Wildman–Crippen LogP) is 12.5. The van der Waals surface area contributed by atoms with Gasteiger partial charge in [-0.25, -0.2) is 0 Å². The smallest absolute Gasteiger partial charge is 0.101 e. The minimum Gasteiger partial charge on any atom is -0.309 e. The van der Waals surface area contributed by atoms with E-state index < -0.39 is 0 Å². The van der Waals surface area contributed by atoms with Gasteiger partial charge in [0.15, 0.2) is 0 Å². The van der Waals surface area contributed by atoms with E-state index in [0.717, 1.165) is 88.4 Å². The average molecular weight is 712 g/mol. The second-order valence-corrected chi connectivity index (χ2v) is 13.8. The maximum Gasteiger partial charge on any atom is 0.101 e. The average Bonchev–Trinajstić information content (AvgIpc) is 3.78. The Balaban J connectivity index is 1.20. The highest BCUT2D eigenvalue weighted by molar-refractivity contribution is 6.15. The van der Waals surface area contributed by atoms with Crippen LogP contribution in [0, 0.1) is 34.0 Å². The monoisotopic (exact) mass is 711 g/mol. The Morgan fingerprint density at radius 2 is 0.911 bits per heavy atom. The summed E-state index contributed by atoms with van der Waals surface area (Å²) in [6, 6.07) is 66.8. The molecule has 5 nitrogen and oxygen atoms in total. The molecule has 10 rings (SSSR count). The van der Waals surface area contributed by atoms with Gasteiger partial charge >= 0.3 is 0 Å². The van der Waals surface area contributed by atoms with E-state index in [1.807, 2.05) is 72.8 Å². The first-order valence-electron chi connectivity index (χ1n) is 18.4. The normalized spacial score (nSPS) is 11.2. The summed E-state index contributed by atoms with van der Waals surface area (Å²) in [6.45, 7) is 0. The first-order valence-corrected chi connectivity index (χ1v) is 18.4. The summed E-state index contributed by atoms with van der Waals surface area (Å²) in [5.41, 5.74) is 14.2. The zero-order valence-corrected chi connectivity index (χ0v) is 30.0. The Morgan fingerprint density at radius 1 is 0.357 bits per heavy atom. The van der Waals surface area contributed by atoms with Crippen LogP contribution < -0.4 is 0 Å². The summed E-state index contributed by atoms with van der Waals surface area (Å²) in [5, 5.41) is 33.7. The van der Waals surface area contributed by atoms with Crippen molar-refractivity contribution in [1.82, 2.24) is 9.13 Å². The van der Waals surface area contributed by atoms with E-state index in [1.54, 1.807) is 0 Å². The summed E-state index contributed by atoms with van der Waals surface area (Å²) in [7, 11) is 0. The number of benzene rings is 8. The second-order valence-electron chi connectivity index (χ2n) is 13.8. The zero-order valence-electron chi connectivity index (χ0n) is 30.0. The van der Waals surface area contributed by atoms with Crippen LogP contribution in [-0.2, 0) is 0 Å². The number of rotatable bonds is 5. The number of fused-ring (bicyclic) bond motifs is 6. The number of nitriles is 3. The molecule has 0 fully saturated rings. The Hall–Kier alpha value is -8.17. The Morgan fingerprint density at radius 3 is 1.68 bits per heavy atom. The van der Waals surface area contributed by atoms with Crippen molar-refractivity contribution in [3.63, 3.8) is 0 Å².